The van der Waals surface area contributed by atoms with Crippen molar-refractivity contribution in [2.45, 2.75) is 335 Å². The Morgan fingerprint density at radius 2 is 0.470 bits per heavy atom. The average Bonchev–Trinajstić information content (AvgIpc) is 3.49. The number of unbranched alkanes of at least 4 members (excludes halogenated alkanes) is 32. The maximum Gasteiger partial charge on any atom is 0.306 e. The topological polar surface area (TPSA) is 78.9 Å². The fourth-order valence-electron chi connectivity index (χ4n) is 9.76. The summed E-state index contributed by atoms with van der Waals surface area (Å²) in [5.74, 6) is -0.897. The predicted octanol–water partition coefficient (Wildman–Crippen LogP) is 24.3. The Kier molecular flexibility index (Phi) is 66.7. The van der Waals surface area contributed by atoms with Gasteiger partial charge in [0.1, 0.15) is 13.2 Å². The summed E-state index contributed by atoms with van der Waals surface area (Å²) in [4.78, 5) is 38.4. The van der Waals surface area contributed by atoms with Gasteiger partial charge in [-0.2, -0.15) is 0 Å². The van der Waals surface area contributed by atoms with Gasteiger partial charge in [0.25, 0.3) is 0 Å². The van der Waals surface area contributed by atoms with Gasteiger partial charge in [-0.1, -0.05) is 309 Å². The molecule has 0 aromatic carbocycles. The summed E-state index contributed by atoms with van der Waals surface area (Å²) < 4.78 is 17.0. The van der Waals surface area contributed by atoms with Crippen LogP contribution in [-0.2, 0) is 28.6 Å². The molecule has 0 amide bonds. The van der Waals surface area contributed by atoms with Gasteiger partial charge in [0.05, 0.1) is 0 Å². The largest absolute Gasteiger partial charge is 0.462 e. The second kappa shape index (κ2) is 70.3. The van der Waals surface area contributed by atoms with E-state index in [1.807, 2.05) is 0 Å². The second-order valence-electron chi connectivity index (χ2n) is 23.0. The van der Waals surface area contributed by atoms with Crippen molar-refractivity contribution in [1.82, 2.24) is 0 Å². The van der Waals surface area contributed by atoms with Crippen molar-refractivity contribution >= 4 is 17.9 Å². The molecule has 6 heteroatoms. The summed E-state index contributed by atoms with van der Waals surface area (Å²) in [6.07, 6.45) is 98.0. The van der Waals surface area contributed by atoms with E-state index < -0.39 is 6.10 Å². The Balaban J connectivity index is 4.24. The first-order valence-electron chi connectivity index (χ1n) is 35.0. The van der Waals surface area contributed by atoms with E-state index in [1.165, 1.54) is 141 Å². The summed E-state index contributed by atoms with van der Waals surface area (Å²) >= 11 is 0. The van der Waals surface area contributed by atoms with E-state index in [9.17, 15) is 14.4 Å². The number of rotatable bonds is 63. The number of hydrogen-bond donors (Lipinski definition) is 0. The highest BCUT2D eigenvalue weighted by atomic mass is 16.6. The molecular formula is C77H130O6. The minimum absolute atomic E-state index is 0.0851. The normalized spacial score (nSPS) is 12.9. The molecule has 0 spiro atoms. The highest BCUT2D eigenvalue weighted by Gasteiger charge is 2.19. The quantitative estimate of drug-likeness (QED) is 0.0261. The maximum atomic E-state index is 12.9. The van der Waals surface area contributed by atoms with Crippen LogP contribution in [0.15, 0.2) is 122 Å². The fraction of sp³-hybridized carbons (Fsp3) is 0.701. The molecule has 0 aliphatic rings. The van der Waals surface area contributed by atoms with Gasteiger partial charge in [0.2, 0.25) is 0 Å². The number of carbonyl (C=O) groups excluding carboxylic acids is 3. The van der Waals surface area contributed by atoms with Crippen molar-refractivity contribution < 1.29 is 28.6 Å². The van der Waals surface area contributed by atoms with Crippen LogP contribution in [0.5, 0.6) is 0 Å². The van der Waals surface area contributed by atoms with E-state index in [2.05, 4.69) is 142 Å². The van der Waals surface area contributed by atoms with Crippen LogP contribution in [0.4, 0.5) is 0 Å². The number of esters is 3. The predicted molar refractivity (Wildman–Crippen MR) is 362 cm³/mol. The number of ether oxygens (including phenoxy) is 3. The van der Waals surface area contributed by atoms with Crippen LogP contribution >= 0.6 is 0 Å². The molecule has 0 aliphatic carbocycles. The van der Waals surface area contributed by atoms with Crippen molar-refractivity contribution in [3.63, 3.8) is 0 Å². The molecule has 0 saturated carbocycles. The van der Waals surface area contributed by atoms with E-state index in [1.54, 1.807) is 0 Å². The molecule has 6 nitrogen and oxygen atoms in total. The lowest BCUT2D eigenvalue weighted by Gasteiger charge is -2.18. The number of allylic oxidation sites excluding steroid dienone is 20. The molecule has 0 bridgehead atoms. The molecule has 0 rings (SSSR count). The molecule has 474 valence electrons. The van der Waals surface area contributed by atoms with Crippen LogP contribution in [0.25, 0.3) is 0 Å². The van der Waals surface area contributed by atoms with Crippen LogP contribution in [0.2, 0.25) is 0 Å². The molecule has 1 atom stereocenters. The lowest BCUT2D eigenvalue weighted by molar-refractivity contribution is -0.167. The van der Waals surface area contributed by atoms with E-state index in [4.69, 9.17) is 14.2 Å². The Morgan fingerprint density at radius 1 is 0.253 bits per heavy atom. The molecule has 83 heavy (non-hydrogen) atoms. The number of carbonyl (C=O) groups is 3. The first-order chi connectivity index (χ1) is 41.0. The molecule has 0 aliphatic heterocycles. The Hall–Kier alpha value is -4.19. The van der Waals surface area contributed by atoms with E-state index in [-0.39, 0.29) is 31.1 Å². The van der Waals surface area contributed by atoms with Gasteiger partial charge in [0.15, 0.2) is 6.10 Å². The minimum atomic E-state index is -0.791. The monoisotopic (exact) mass is 1150 g/mol. The van der Waals surface area contributed by atoms with Crippen molar-refractivity contribution in [2.75, 3.05) is 13.2 Å². The molecular weight excluding hydrogens is 1020 g/mol. The van der Waals surface area contributed by atoms with Crippen LogP contribution in [0.3, 0.4) is 0 Å². The average molecular weight is 1150 g/mol. The molecule has 0 N–H and O–H groups in total. The van der Waals surface area contributed by atoms with E-state index >= 15 is 0 Å². The zero-order valence-electron chi connectivity index (χ0n) is 54.4. The SMILES string of the molecule is CC/C=C\C/C=C\C/C=C\C/C=C\CCCCCCCCCCCCCCCCCCCCC(=O)OCC(COC(=O)CCCCCCC/C=C\C/C=C\CCC)OC(=O)CCCCCCCCCC/C=C\C/C=C\C/C=C\C/C=C\CC. The second-order valence-corrected chi connectivity index (χ2v) is 23.0. The standard InChI is InChI=1S/C77H130O6/c1-4-7-10-13-16-19-22-25-27-29-31-33-34-35-36-37-38-39-40-41-42-44-45-47-49-52-55-58-61-64-67-70-76(79)82-73-74(72-81-75(78)69-66-63-60-57-54-51-24-21-18-15-12-9-6-3)83-77(80)71-68-65-62-59-56-53-50-48-46-43-32-30-28-26-23-20-17-14-11-8-5-2/h7-8,10-12,15-17,19-21,24-28,31-33,43,74H,4-6,9,13-14,18,22-23,29-30,34-42,44-73H2,1-3H3/b10-7-,11-8-,15-12-,19-16-,20-17-,24-21-,27-25-,28-26-,33-31-,43-32-. The van der Waals surface area contributed by atoms with Gasteiger partial charge in [-0.25, -0.2) is 0 Å². The fourth-order valence-corrected chi connectivity index (χ4v) is 9.76. The van der Waals surface area contributed by atoms with Gasteiger partial charge < -0.3 is 14.2 Å². The smallest absolute Gasteiger partial charge is 0.306 e. The van der Waals surface area contributed by atoms with Crippen molar-refractivity contribution in [3.8, 4) is 0 Å². The zero-order valence-corrected chi connectivity index (χ0v) is 54.4. The minimum Gasteiger partial charge on any atom is -0.462 e. The molecule has 0 aromatic heterocycles. The van der Waals surface area contributed by atoms with Crippen LogP contribution in [0, 0.1) is 0 Å². The molecule has 1 unspecified atom stereocenters. The van der Waals surface area contributed by atoms with Crippen LogP contribution in [-0.4, -0.2) is 37.2 Å². The highest BCUT2D eigenvalue weighted by Crippen LogP contribution is 2.17. The van der Waals surface area contributed by atoms with Gasteiger partial charge in [-0.3, -0.25) is 14.4 Å². The van der Waals surface area contributed by atoms with Crippen molar-refractivity contribution in [3.05, 3.63) is 122 Å². The zero-order chi connectivity index (χ0) is 59.9. The molecule has 0 heterocycles. The first-order valence-corrected chi connectivity index (χ1v) is 35.0. The molecule has 0 aromatic rings. The van der Waals surface area contributed by atoms with E-state index in [0.29, 0.717) is 19.3 Å². The van der Waals surface area contributed by atoms with Gasteiger partial charge >= 0.3 is 17.9 Å². The summed E-state index contributed by atoms with van der Waals surface area (Å²) in [5, 5.41) is 0. The molecule has 0 radical (unpaired) electrons. The van der Waals surface area contributed by atoms with Crippen molar-refractivity contribution in [2.24, 2.45) is 0 Å². The van der Waals surface area contributed by atoms with E-state index in [0.717, 1.165) is 148 Å². The lowest BCUT2D eigenvalue weighted by Crippen LogP contribution is -2.30. The molecule has 0 saturated heterocycles. The summed E-state index contributed by atoms with van der Waals surface area (Å²) in [6, 6.07) is 0. The third-order valence-corrected chi connectivity index (χ3v) is 14.9. The Bertz CT molecular complexity index is 1700. The van der Waals surface area contributed by atoms with Crippen molar-refractivity contribution in [1.29, 1.82) is 0 Å². The van der Waals surface area contributed by atoms with Gasteiger partial charge in [-0.05, 0) is 122 Å². The molecule has 0 fully saturated rings. The first kappa shape index (κ1) is 78.8. The van der Waals surface area contributed by atoms with Crippen LogP contribution < -0.4 is 0 Å². The Labute approximate surface area is 513 Å². The highest BCUT2D eigenvalue weighted by molar-refractivity contribution is 5.71. The summed E-state index contributed by atoms with van der Waals surface area (Å²) in [5.41, 5.74) is 0. The maximum absolute atomic E-state index is 12.9. The Morgan fingerprint density at radius 3 is 0.735 bits per heavy atom. The van der Waals surface area contributed by atoms with Gasteiger partial charge in [0, 0.05) is 19.3 Å². The summed E-state index contributed by atoms with van der Waals surface area (Å²) in [6.45, 7) is 6.36. The number of hydrogen-bond acceptors (Lipinski definition) is 6. The third kappa shape index (κ3) is 68.5. The third-order valence-electron chi connectivity index (χ3n) is 14.9. The van der Waals surface area contributed by atoms with Crippen LogP contribution in [0.1, 0.15) is 329 Å². The lowest BCUT2D eigenvalue weighted by atomic mass is 10.0. The van der Waals surface area contributed by atoms with Gasteiger partial charge in [-0.15, -0.1) is 0 Å². The summed E-state index contributed by atoms with van der Waals surface area (Å²) in [7, 11) is 0.